The Morgan fingerprint density at radius 1 is 1.53 bits per heavy atom. The van der Waals surface area contributed by atoms with Crippen LogP contribution in [0.2, 0.25) is 0 Å². The smallest absolute Gasteiger partial charge is 0.228 e. The lowest BCUT2D eigenvalue weighted by Gasteiger charge is -2.38. The third-order valence-electron chi connectivity index (χ3n) is 3.87. The van der Waals surface area contributed by atoms with Gasteiger partial charge in [-0.2, -0.15) is 0 Å². The highest BCUT2D eigenvalue weighted by Gasteiger charge is 2.41. The molecule has 1 saturated heterocycles. The highest BCUT2D eigenvalue weighted by atomic mass is 16.5. The first-order valence-electron chi connectivity index (χ1n) is 6.23. The van der Waals surface area contributed by atoms with Crippen LogP contribution >= 0.6 is 0 Å². The van der Waals surface area contributed by atoms with Gasteiger partial charge in [0.2, 0.25) is 5.91 Å². The first-order chi connectivity index (χ1) is 8.02. The van der Waals surface area contributed by atoms with Crippen LogP contribution in [0.1, 0.15) is 33.1 Å². The van der Waals surface area contributed by atoms with E-state index in [0.29, 0.717) is 39.0 Å². The van der Waals surface area contributed by atoms with E-state index in [-0.39, 0.29) is 12.5 Å². The number of hydrogen-bond acceptors (Lipinski definition) is 4. The van der Waals surface area contributed by atoms with Gasteiger partial charge in [0, 0.05) is 19.8 Å². The average molecular weight is 244 g/mol. The SMILES string of the molecule is CCC(C)(CO)NC(=O)C1(CN)CCOCC1. The molecule has 0 aromatic rings. The molecule has 0 aromatic heterocycles. The molecule has 0 bridgehead atoms. The molecule has 0 aromatic carbocycles. The Morgan fingerprint density at radius 2 is 2.12 bits per heavy atom. The van der Waals surface area contributed by atoms with Crippen LogP contribution in [-0.4, -0.2) is 42.9 Å². The first-order valence-corrected chi connectivity index (χ1v) is 6.23. The van der Waals surface area contributed by atoms with Crippen LogP contribution < -0.4 is 11.1 Å². The number of carbonyl (C=O) groups excluding carboxylic acids is 1. The lowest BCUT2D eigenvalue weighted by Crippen LogP contribution is -2.57. The summed E-state index contributed by atoms with van der Waals surface area (Å²) in [7, 11) is 0. The van der Waals surface area contributed by atoms with Crippen molar-refractivity contribution < 1.29 is 14.6 Å². The summed E-state index contributed by atoms with van der Waals surface area (Å²) in [6.07, 6.45) is 1.99. The van der Waals surface area contributed by atoms with E-state index in [4.69, 9.17) is 10.5 Å². The third kappa shape index (κ3) is 3.18. The van der Waals surface area contributed by atoms with Gasteiger partial charge < -0.3 is 20.9 Å². The number of aliphatic hydroxyl groups excluding tert-OH is 1. The molecule has 5 heteroatoms. The standard InChI is InChI=1S/C12H24N2O3/c1-3-11(2,9-15)14-10(16)12(8-13)4-6-17-7-5-12/h15H,3-9,13H2,1-2H3,(H,14,16). The summed E-state index contributed by atoms with van der Waals surface area (Å²) in [6, 6.07) is 0. The number of carbonyl (C=O) groups is 1. The van der Waals surface area contributed by atoms with Crippen molar-refractivity contribution in [1.29, 1.82) is 0 Å². The molecule has 4 N–H and O–H groups in total. The van der Waals surface area contributed by atoms with Crippen LogP contribution in [0.5, 0.6) is 0 Å². The molecule has 1 aliphatic heterocycles. The number of hydrogen-bond donors (Lipinski definition) is 3. The van der Waals surface area contributed by atoms with Gasteiger partial charge in [0.15, 0.2) is 0 Å². The summed E-state index contributed by atoms with van der Waals surface area (Å²) in [5, 5.41) is 12.2. The third-order valence-corrected chi connectivity index (χ3v) is 3.87. The highest BCUT2D eigenvalue weighted by Crippen LogP contribution is 2.30. The normalized spacial score (nSPS) is 22.8. The van der Waals surface area contributed by atoms with Gasteiger partial charge in [0.1, 0.15) is 0 Å². The molecular weight excluding hydrogens is 220 g/mol. The van der Waals surface area contributed by atoms with Crippen LogP contribution in [0.25, 0.3) is 0 Å². The van der Waals surface area contributed by atoms with Crippen molar-refractivity contribution in [1.82, 2.24) is 5.32 Å². The molecule has 17 heavy (non-hydrogen) atoms. The molecule has 0 radical (unpaired) electrons. The summed E-state index contributed by atoms with van der Waals surface area (Å²) in [5.74, 6) is -0.0540. The van der Waals surface area contributed by atoms with Gasteiger partial charge in [-0.1, -0.05) is 6.92 Å². The van der Waals surface area contributed by atoms with Crippen LogP contribution in [0.4, 0.5) is 0 Å². The lowest BCUT2D eigenvalue weighted by molar-refractivity contribution is -0.138. The Kier molecular flexibility index (Phi) is 4.91. The van der Waals surface area contributed by atoms with E-state index in [9.17, 15) is 9.90 Å². The Balaban J connectivity index is 2.72. The van der Waals surface area contributed by atoms with Crippen molar-refractivity contribution in [3.63, 3.8) is 0 Å². The number of amides is 1. The first kappa shape index (κ1) is 14.4. The van der Waals surface area contributed by atoms with Crippen molar-refractivity contribution >= 4 is 5.91 Å². The van der Waals surface area contributed by atoms with Crippen molar-refractivity contribution in [2.24, 2.45) is 11.1 Å². The van der Waals surface area contributed by atoms with E-state index in [0.717, 1.165) is 0 Å². The van der Waals surface area contributed by atoms with Crippen molar-refractivity contribution in [3.8, 4) is 0 Å². The van der Waals surface area contributed by atoms with Gasteiger partial charge >= 0.3 is 0 Å². The highest BCUT2D eigenvalue weighted by molar-refractivity contribution is 5.83. The van der Waals surface area contributed by atoms with Crippen LogP contribution in [0.15, 0.2) is 0 Å². The minimum atomic E-state index is -0.558. The number of nitrogens with two attached hydrogens (primary N) is 1. The fourth-order valence-corrected chi connectivity index (χ4v) is 1.93. The molecule has 0 aliphatic carbocycles. The zero-order valence-corrected chi connectivity index (χ0v) is 10.8. The van der Waals surface area contributed by atoms with Gasteiger partial charge in [-0.05, 0) is 26.2 Å². The zero-order chi connectivity index (χ0) is 12.9. The molecular formula is C12H24N2O3. The van der Waals surface area contributed by atoms with E-state index < -0.39 is 11.0 Å². The van der Waals surface area contributed by atoms with E-state index in [1.165, 1.54) is 0 Å². The molecule has 0 saturated carbocycles. The Labute approximate surface area is 103 Å². The second-order valence-corrected chi connectivity index (χ2v) is 5.12. The molecule has 1 unspecified atom stereocenters. The summed E-state index contributed by atoms with van der Waals surface area (Å²) in [4.78, 5) is 12.3. The summed E-state index contributed by atoms with van der Waals surface area (Å²) < 4.78 is 5.27. The van der Waals surface area contributed by atoms with Crippen molar-refractivity contribution in [3.05, 3.63) is 0 Å². The minimum Gasteiger partial charge on any atom is -0.394 e. The monoisotopic (exact) mass is 244 g/mol. The van der Waals surface area contributed by atoms with Gasteiger partial charge in [-0.3, -0.25) is 4.79 Å². The maximum atomic E-state index is 12.3. The minimum absolute atomic E-state index is 0.0540. The predicted molar refractivity (Wildman–Crippen MR) is 65.5 cm³/mol. The Bertz CT molecular complexity index is 258. The molecule has 1 heterocycles. The van der Waals surface area contributed by atoms with Crippen LogP contribution in [0, 0.1) is 5.41 Å². The molecule has 1 amide bonds. The fourth-order valence-electron chi connectivity index (χ4n) is 1.93. The topological polar surface area (TPSA) is 84.6 Å². The van der Waals surface area contributed by atoms with Crippen LogP contribution in [0.3, 0.4) is 0 Å². The van der Waals surface area contributed by atoms with Crippen molar-refractivity contribution in [2.45, 2.75) is 38.6 Å². The second-order valence-electron chi connectivity index (χ2n) is 5.12. The number of nitrogens with one attached hydrogen (secondary N) is 1. The maximum Gasteiger partial charge on any atom is 0.228 e. The molecule has 100 valence electrons. The Hall–Kier alpha value is -0.650. The van der Waals surface area contributed by atoms with Gasteiger partial charge in [-0.15, -0.1) is 0 Å². The molecule has 0 spiro atoms. The number of rotatable bonds is 5. The molecule has 1 rings (SSSR count). The summed E-state index contributed by atoms with van der Waals surface area (Å²) in [5.41, 5.74) is 4.68. The fraction of sp³-hybridized carbons (Fsp3) is 0.917. The second kappa shape index (κ2) is 5.80. The van der Waals surface area contributed by atoms with Crippen molar-refractivity contribution in [2.75, 3.05) is 26.4 Å². The lowest BCUT2D eigenvalue weighted by atomic mass is 9.78. The molecule has 1 aliphatic rings. The molecule has 1 fully saturated rings. The van der Waals surface area contributed by atoms with Gasteiger partial charge in [0.25, 0.3) is 0 Å². The molecule has 1 atom stereocenters. The number of ether oxygens (including phenoxy) is 1. The summed E-state index contributed by atoms with van der Waals surface area (Å²) >= 11 is 0. The van der Waals surface area contributed by atoms with E-state index in [1.54, 1.807) is 0 Å². The van der Waals surface area contributed by atoms with Gasteiger partial charge in [-0.25, -0.2) is 0 Å². The van der Waals surface area contributed by atoms with E-state index >= 15 is 0 Å². The predicted octanol–water partition coefficient (Wildman–Crippen LogP) is 0.0191. The van der Waals surface area contributed by atoms with Crippen LogP contribution in [-0.2, 0) is 9.53 Å². The average Bonchev–Trinajstić information content (AvgIpc) is 2.39. The quantitative estimate of drug-likeness (QED) is 0.636. The maximum absolute atomic E-state index is 12.3. The van der Waals surface area contributed by atoms with E-state index in [1.807, 2.05) is 13.8 Å². The summed E-state index contributed by atoms with van der Waals surface area (Å²) in [6.45, 7) is 5.20. The van der Waals surface area contributed by atoms with Gasteiger partial charge in [0.05, 0.1) is 17.6 Å². The molecule has 5 nitrogen and oxygen atoms in total. The largest absolute Gasteiger partial charge is 0.394 e. The van der Waals surface area contributed by atoms with E-state index in [2.05, 4.69) is 5.32 Å². The zero-order valence-electron chi connectivity index (χ0n) is 10.8. The Morgan fingerprint density at radius 3 is 2.53 bits per heavy atom. The number of aliphatic hydroxyl groups is 1.